The second-order valence-corrected chi connectivity index (χ2v) is 15.0. The minimum absolute atomic E-state index is 0.0648. The molecule has 1 spiro atoms. The van der Waals surface area contributed by atoms with Crippen LogP contribution in [0.15, 0.2) is 18.3 Å². The lowest BCUT2D eigenvalue weighted by Gasteiger charge is -2.49. The van der Waals surface area contributed by atoms with Crippen LogP contribution in [-0.2, 0) is 16.7 Å². The van der Waals surface area contributed by atoms with Crippen molar-refractivity contribution in [1.29, 1.82) is 5.26 Å². The first-order valence-corrected chi connectivity index (χ1v) is 16.8. The molecule has 0 amide bonds. The number of ether oxygens (including phenoxy) is 1. The van der Waals surface area contributed by atoms with Gasteiger partial charge in [0.2, 0.25) is 0 Å². The van der Waals surface area contributed by atoms with Crippen molar-refractivity contribution < 1.29 is 22.3 Å². The summed E-state index contributed by atoms with van der Waals surface area (Å²) in [4.78, 5) is 18.9. The van der Waals surface area contributed by atoms with Gasteiger partial charge in [-0.05, 0) is 32.4 Å². The molecule has 244 valence electrons. The molecule has 0 radical (unpaired) electrons. The highest BCUT2D eigenvalue weighted by Gasteiger charge is 2.55. The van der Waals surface area contributed by atoms with Crippen LogP contribution in [0.4, 0.5) is 40.0 Å². The van der Waals surface area contributed by atoms with E-state index in [1.807, 2.05) is 0 Å². The number of pyridine rings is 1. The zero-order valence-corrected chi connectivity index (χ0v) is 26.9. The van der Waals surface area contributed by atoms with E-state index in [2.05, 4.69) is 25.9 Å². The Morgan fingerprint density at radius 1 is 1.28 bits per heavy atom. The molecule has 3 fully saturated rings. The molecule has 7 rings (SSSR count). The summed E-state index contributed by atoms with van der Waals surface area (Å²) in [6.45, 7) is 3.25. The molecule has 4 N–H and O–H groups in total. The molecule has 3 saturated heterocycles. The number of rotatable bonds is 7. The van der Waals surface area contributed by atoms with Crippen molar-refractivity contribution in [2.45, 2.75) is 60.6 Å². The molecule has 10 nitrogen and oxygen atoms in total. The van der Waals surface area contributed by atoms with Gasteiger partial charge in [0, 0.05) is 61.1 Å². The fourth-order valence-corrected chi connectivity index (χ4v) is 10.3. The number of halogens is 4. The molecule has 0 bridgehead atoms. The molecule has 7 heterocycles. The van der Waals surface area contributed by atoms with Crippen molar-refractivity contribution in [3.05, 3.63) is 45.5 Å². The van der Waals surface area contributed by atoms with E-state index in [1.54, 1.807) is 35.7 Å². The smallest absolute Gasteiger partial charge is 0.423 e. The molecule has 46 heavy (non-hydrogen) atoms. The number of thioether (sulfide) groups is 1. The van der Waals surface area contributed by atoms with E-state index in [4.69, 9.17) is 16.2 Å². The van der Waals surface area contributed by atoms with Crippen LogP contribution in [0.3, 0.4) is 0 Å². The van der Waals surface area contributed by atoms with E-state index < -0.39 is 34.2 Å². The van der Waals surface area contributed by atoms with E-state index in [1.165, 1.54) is 29.5 Å². The topological polar surface area (TPSA) is 133 Å². The van der Waals surface area contributed by atoms with E-state index in [0.29, 0.717) is 34.8 Å². The van der Waals surface area contributed by atoms with Gasteiger partial charge < -0.3 is 26.0 Å². The standard InChI is InChI=1S/C30H33F4N9OS2/c1-16(18-5-3-7-38-23(18)36)41(2)25-22(30(32,33)34)26(40-27(39-25)44-15-28-6-4-8-43(28)11-17(31)9-28)42-13-29(14-42)21-19(10-35)24(37)46-20(21)12-45-29/h3,5,7,16-17H,4,6,8-9,11-15,37H2,1-2H3,(H2,36,38)/t16-,17-,28+/m1/s1. The molecule has 3 aromatic rings. The van der Waals surface area contributed by atoms with Gasteiger partial charge in [-0.1, -0.05) is 6.07 Å². The SMILES string of the molecule is C[C@H](c1cccnc1N)N(C)c1nc(OC[C@@]23CCCN2C[C@H](F)C3)nc(N2CC3(C2)SCc2sc(N)c(C#N)c23)c1C(F)(F)F. The summed E-state index contributed by atoms with van der Waals surface area (Å²) in [5, 5.41) is 10.2. The van der Waals surface area contributed by atoms with Crippen molar-refractivity contribution in [3.8, 4) is 12.1 Å². The van der Waals surface area contributed by atoms with Crippen LogP contribution in [0.5, 0.6) is 6.01 Å². The zero-order valence-electron chi connectivity index (χ0n) is 25.3. The summed E-state index contributed by atoms with van der Waals surface area (Å²) in [7, 11) is 1.52. The number of nitrogens with zero attached hydrogens (tertiary/aromatic N) is 7. The zero-order chi connectivity index (χ0) is 32.6. The molecule has 0 unspecified atom stereocenters. The van der Waals surface area contributed by atoms with Crippen molar-refractivity contribution in [2.24, 2.45) is 0 Å². The van der Waals surface area contributed by atoms with Gasteiger partial charge in [0.05, 0.1) is 21.9 Å². The Balaban J connectivity index is 1.29. The van der Waals surface area contributed by atoms with Crippen LogP contribution in [0.1, 0.15) is 59.4 Å². The minimum Gasteiger partial charge on any atom is -0.461 e. The molecule has 4 aliphatic rings. The highest BCUT2D eigenvalue weighted by Crippen LogP contribution is 2.59. The normalized spacial score (nSPS) is 24.0. The van der Waals surface area contributed by atoms with Gasteiger partial charge in [-0.3, -0.25) is 4.90 Å². The Morgan fingerprint density at radius 2 is 2.07 bits per heavy atom. The first kappa shape index (κ1) is 31.1. The Labute approximate surface area is 271 Å². The van der Waals surface area contributed by atoms with Crippen LogP contribution in [0.2, 0.25) is 0 Å². The predicted octanol–water partition coefficient (Wildman–Crippen LogP) is 5.10. The number of anilines is 4. The predicted molar refractivity (Wildman–Crippen MR) is 170 cm³/mol. The molecular weight excluding hydrogens is 643 g/mol. The van der Waals surface area contributed by atoms with Gasteiger partial charge in [-0.2, -0.15) is 28.4 Å². The molecule has 3 aromatic heterocycles. The number of fused-ring (bicyclic) bond motifs is 3. The summed E-state index contributed by atoms with van der Waals surface area (Å²) in [6.07, 6.45) is -2.39. The fraction of sp³-hybridized carbons (Fsp3) is 0.533. The number of hydrogen-bond donors (Lipinski definition) is 2. The molecule has 16 heteroatoms. The molecule has 0 aliphatic carbocycles. The quantitative estimate of drug-likeness (QED) is 0.324. The molecule has 0 saturated carbocycles. The third-order valence-electron chi connectivity index (χ3n) is 9.85. The summed E-state index contributed by atoms with van der Waals surface area (Å²) in [5.41, 5.74) is 12.5. The lowest BCUT2D eigenvalue weighted by molar-refractivity contribution is -0.137. The van der Waals surface area contributed by atoms with Crippen LogP contribution >= 0.6 is 23.1 Å². The van der Waals surface area contributed by atoms with Crippen molar-refractivity contribution in [1.82, 2.24) is 19.9 Å². The first-order valence-electron chi connectivity index (χ1n) is 15.0. The Kier molecular flexibility index (Phi) is 7.44. The van der Waals surface area contributed by atoms with E-state index in [9.17, 15) is 9.65 Å². The summed E-state index contributed by atoms with van der Waals surface area (Å²) < 4.78 is 65.4. The molecular formula is C30H33F4N9OS2. The van der Waals surface area contributed by atoms with Crippen molar-refractivity contribution in [3.63, 3.8) is 0 Å². The van der Waals surface area contributed by atoms with Gasteiger partial charge in [0.1, 0.15) is 35.2 Å². The highest BCUT2D eigenvalue weighted by molar-refractivity contribution is 8.00. The second kappa shape index (κ2) is 11.0. The fourth-order valence-electron chi connectivity index (χ4n) is 7.48. The van der Waals surface area contributed by atoms with Crippen LogP contribution in [-0.4, -0.2) is 71.4 Å². The van der Waals surface area contributed by atoms with Gasteiger partial charge >= 0.3 is 12.2 Å². The highest BCUT2D eigenvalue weighted by atomic mass is 32.2. The van der Waals surface area contributed by atoms with E-state index in [-0.39, 0.29) is 43.2 Å². The lowest BCUT2D eigenvalue weighted by atomic mass is 9.87. The number of nitrogens with two attached hydrogens (primary N) is 2. The first-order chi connectivity index (χ1) is 21.9. The van der Waals surface area contributed by atoms with Crippen LogP contribution in [0.25, 0.3) is 0 Å². The second-order valence-electron chi connectivity index (χ2n) is 12.5. The molecule has 0 aromatic carbocycles. The van der Waals surface area contributed by atoms with E-state index >= 15 is 13.2 Å². The third-order valence-corrected chi connectivity index (χ3v) is 12.5. The van der Waals surface area contributed by atoms with Gasteiger partial charge in [0.15, 0.2) is 11.6 Å². The maximum absolute atomic E-state index is 15.1. The Bertz CT molecular complexity index is 1720. The van der Waals surface area contributed by atoms with Crippen molar-refractivity contribution >= 4 is 45.6 Å². The summed E-state index contributed by atoms with van der Waals surface area (Å²) in [6, 6.07) is 4.73. The average molecular weight is 676 g/mol. The van der Waals surface area contributed by atoms with Gasteiger partial charge in [0.25, 0.3) is 0 Å². The number of alkyl halides is 4. The van der Waals surface area contributed by atoms with Crippen molar-refractivity contribution in [2.75, 3.05) is 61.1 Å². The largest absolute Gasteiger partial charge is 0.461 e. The number of thiophene rings is 1. The summed E-state index contributed by atoms with van der Waals surface area (Å²) >= 11 is 2.96. The molecule has 4 aliphatic heterocycles. The maximum atomic E-state index is 15.1. The van der Waals surface area contributed by atoms with E-state index in [0.717, 1.165) is 29.8 Å². The number of nitriles is 1. The molecule has 3 atom stereocenters. The van der Waals surface area contributed by atoms with Gasteiger partial charge in [-0.15, -0.1) is 23.1 Å². The number of hydrogen-bond acceptors (Lipinski definition) is 12. The van der Waals surface area contributed by atoms with Crippen LogP contribution < -0.4 is 26.0 Å². The monoisotopic (exact) mass is 675 g/mol. The third kappa shape index (κ3) is 4.89. The lowest BCUT2D eigenvalue weighted by Crippen LogP contribution is -2.57. The Hall–Kier alpha value is -3.55. The number of nitrogen functional groups attached to an aromatic ring is 2. The maximum Gasteiger partial charge on any atom is 0.423 e. The Morgan fingerprint density at radius 3 is 2.78 bits per heavy atom. The minimum atomic E-state index is -4.83. The average Bonchev–Trinajstić information content (AvgIpc) is 3.71. The summed E-state index contributed by atoms with van der Waals surface area (Å²) in [5.74, 6) is 0.168. The van der Waals surface area contributed by atoms with Crippen LogP contribution in [0, 0.1) is 11.3 Å². The number of aromatic nitrogens is 3. The van der Waals surface area contributed by atoms with Gasteiger partial charge in [-0.25, -0.2) is 9.37 Å².